The normalized spacial score (nSPS) is 28.3. The lowest BCUT2D eigenvalue weighted by Gasteiger charge is -2.58. The van der Waals surface area contributed by atoms with Crippen molar-refractivity contribution in [2.75, 3.05) is 31.9 Å². The summed E-state index contributed by atoms with van der Waals surface area (Å²) in [4.78, 5) is 39.4. The molecule has 3 amide bonds. The fourth-order valence-electron chi connectivity index (χ4n) is 12.0. The van der Waals surface area contributed by atoms with Crippen LogP contribution < -0.4 is 16.0 Å². The van der Waals surface area contributed by atoms with Crippen LogP contribution in [0.1, 0.15) is 186 Å². The van der Waals surface area contributed by atoms with Crippen LogP contribution in [0.3, 0.4) is 0 Å². The molecule has 0 spiro atoms. The minimum atomic E-state index is -1.01. The van der Waals surface area contributed by atoms with Gasteiger partial charge in [0.05, 0.1) is 0 Å². The van der Waals surface area contributed by atoms with Gasteiger partial charge in [-0.25, -0.2) is 9.59 Å². The number of hydrogen-bond donors (Lipinski definition) is 4. The fraction of sp³-hybridized carbons (Fsp3) is 0.900. The molecule has 0 radical (unpaired) electrons. The highest BCUT2D eigenvalue weighted by Crippen LogP contribution is 2.67. The smallest absolute Gasteiger partial charge is 0.408 e. The van der Waals surface area contributed by atoms with E-state index in [1.54, 1.807) is 5.57 Å². The zero-order chi connectivity index (χ0) is 45.2. The second-order valence-electron chi connectivity index (χ2n) is 23.0. The first-order valence-corrected chi connectivity index (χ1v) is 26.8. The molecule has 4 rings (SSSR count). The van der Waals surface area contributed by atoms with Gasteiger partial charge >= 0.3 is 12.2 Å². The number of amides is 3. The van der Waals surface area contributed by atoms with E-state index in [0.29, 0.717) is 55.0 Å². The van der Waals surface area contributed by atoms with Gasteiger partial charge in [0.25, 0.3) is 0 Å². The van der Waals surface area contributed by atoms with Crippen LogP contribution in [-0.2, 0) is 9.53 Å². The summed E-state index contributed by atoms with van der Waals surface area (Å²) >= 11 is 0. The molecular weight excluding hydrogens is 801 g/mol. The van der Waals surface area contributed by atoms with Crippen molar-refractivity contribution in [3.8, 4) is 0 Å². The summed E-state index contributed by atoms with van der Waals surface area (Å²) in [6, 6.07) is 0. The second kappa shape index (κ2) is 22.5. The number of nitrogens with zero attached hydrogens (tertiary/aromatic N) is 1. The number of carbonyl (C=O) groups is 3. The third-order valence-electron chi connectivity index (χ3n) is 15.5. The van der Waals surface area contributed by atoms with Gasteiger partial charge < -0.3 is 30.7 Å². The molecule has 9 nitrogen and oxygen atoms in total. The molecule has 0 aromatic carbocycles. The standard InChI is InChI=1S/C50H90N4O5S2/c1-35(2)16-15-17-36(3)40-20-21-41-39-19-18-37-34-38(22-25-49(37,11)42(39)23-26-50(40,41)12)61-60-33-24-43(55)54(32-28-48(9,10)53-45(58)59-46(4,5)6)31-14-13-29-51-30-27-47(7,8)52-44(56)57/h18,35-36,38-42,51-52H,13-17,19-34H2,1-12H3,(H,53,58)(H,56,57)/t36-,38+,39+,40-,41+,42+,49+,50-/m1/s1. The van der Waals surface area contributed by atoms with E-state index in [2.05, 4.69) is 56.6 Å². The van der Waals surface area contributed by atoms with E-state index in [1.165, 1.54) is 70.6 Å². The zero-order valence-electron chi connectivity index (χ0n) is 40.8. The van der Waals surface area contributed by atoms with E-state index in [-0.39, 0.29) is 5.91 Å². The van der Waals surface area contributed by atoms with Crippen LogP contribution in [0.5, 0.6) is 0 Å². The third kappa shape index (κ3) is 15.5. The Morgan fingerprint density at radius 1 is 0.869 bits per heavy atom. The van der Waals surface area contributed by atoms with Crippen molar-refractivity contribution in [3.63, 3.8) is 0 Å². The quantitative estimate of drug-likeness (QED) is 0.0455. The summed E-state index contributed by atoms with van der Waals surface area (Å²) in [5, 5.41) is 18.7. The lowest BCUT2D eigenvalue weighted by molar-refractivity contribution is -0.131. The van der Waals surface area contributed by atoms with E-state index in [1.807, 2.05) is 75.0 Å². The summed E-state index contributed by atoms with van der Waals surface area (Å²) in [6.45, 7) is 28.8. The van der Waals surface area contributed by atoms with Crippen LogP contribution in [-0.4, -0.2) is 82.0 Å². The molecule has 11 heteroatoms. The van der Waals surface area contributed by atoms with Crippen molar-refractivity contribution in [2.45, 2.75) is 208 Å². The van der Waals surface area contributed by atoms with E-state index in [9.17, 15) is 14.4 Å². The molecule has 3 saturated carbocycles. The fourth-order valence-corrected chi connectivity index (χ4v) is 14.6. The number of nitrogens with one attached hydrogen (secondary N) is 3. The first-order chi connectivity index (χ1) is 28.4. The maximum atomic E-state index is 13.8. The molecule has 0 aliphatic heterocycles. The Morgan fingerprint density at radius 3 is 2.28 bits per heavy atom. The van der Waals surface area contributed by atoms with Crippen molar-refractivity contribution in [1.82, 2.24) is 20.9 Å². The van der Waals surface area contributed by atoms with E-state index in [0.717, 1.165) is 60.6 Å². The summed E-state index contributed by atoms with van der Waals surface area (Å²) in [7, 11) is 3.91. The Morgan fingerprint density at radius 2 is 1.59 bits per heavy atom. The number of ether oxygens (including phenoxy) is 1. The number of alkyl carbamates (subject to hydrolysis) is 1. The molecule has 0 heterocycles. The maximum Gasteiger partial charge on any atom is 0.408 e. The molecule has 4 N–H and O–H groups in total. The van der Waals surface area contributed by atoms with Gasteiger partial charge in [-0.1, -0.05) is 87.1 Å². The number of unbranched alkanes of at least 4 members (excludes halogenated alkanes) is 1. The van der Waals surface area contributed by atoms with Gasteiger partial charge in [-0.15, -0.1) is 0 Å². The Balaban J connectivity index is 1.25. The third-order valence-corrected chi connectivity index (χ3v) is 18.4. The highest BCUT2D eigenvalue weighted by atomic mass is 33.1. The molecule has 0 aromatic rings. The van der Waals surface area contributed by atoms with Crippen molar-refractivity contribution in [2.24, 2.45) is 46.3 Å². The van der Waals surface area contributed by atoms with Crippen LogP contribution in [0, 0.1) is 46.3 Å². The molecule has 4 aliphatic rings. The molecule has 0 aromatic heterocycles. The Labute approximate surface area is 380 Å². The molecule has 0 unspecified atom stereocenters. The maximum absolute atomic E-state index is 13.8. The molecule has 3 fully saturated rings. The van der Waals surface area contributed by atoms with Crippen LogP contribution in [0.15, 0.2) is 11.6 Å². The van der Waals surface area contributed by atoms with E-state index >= 15 is 0 Å². The molecule has 4 aliphatic carbocycles. The van der Waals surface area contributed by atoms with E-state index < -0.39 is 28.9 Å². The van der Waals surface area contributed by atoms with Gasteiger partial charge in [0.1, 0.15) is 5.60 Å². The average molecular weight is 891 g/mol. The van der Waals surface area contributed by atoms with Crippen LogP contribution in [0.2, 0.25) is 0 Å². The van der Waals surface area contributed by atoms with Gasteiger partial charge in [0.2, 0.25) is 5.91 Å². The Hall–Kier alpha value is -1.59. The monoisotopic (exact) mass is 891 g/mol. The van der Waals surface area contributed by atoms with Crippen LogP contribution in [0.25, 0.3) is 0 Å². The first kappa shape index (κ1) is 52.0. The summed E-state index contributed by atoms with van der Waals surface area (Å²) < 4.78 is 5.52. The number of rotatable bonds is 23. The largest absolute Gasteiger partial charge is 0.465 e. The average Bonchev–Trinajstić information content (AvgIpc) is 3.49. The Bertz CT molecular complexity index is 1460. The lowest BCUT2D eigenvalue weighted by Crippen LogP contribution is -2.50. The number of carbonyl (C=O) groups excluding carboxylic acids is 2. The number of hydrogen-bond acceptors (Lipinski definition) is 7. The molecule has 0 bridgehead atoms. The van der Waals surface area contributed by atoms with Gasteiger partial charge in [0, 0.05) is 41.6 Å². The van der Waals surface area contributed by atoms with Gasteiger partial charge in [-0.2, -0.15) is 0 Å². The van der Waals surface area contributed by atoms with Gasteiger partial charge in [0.15, 0.2) is 0 Å². The van der Waals surface area contributed by atoms with E-state index in [4.69, 9.17) is 9.84 Å². The number of allylic oxidation sites excluding steroid dienone is 2. The highest BCUT2D eigenvalue weighted by molar-refractivity contribution is 8.76. The minimum Gasteiger partial charge on any atom is -0.465 e. The van der Waals surface area contributed by atoms with Crippen molar-refractivity contribution in [1.29, 1.82) is 0 Å². The number of carboxylic acid groups (broad SMARTS) is 1. The zero-order valence-corrected chi connectivity index (χ0v) is 42.4. The number of fused-ring (bicyclic) bond motifs is 5. The highest BCUT2D eigenvalue weighted by Gasteiger charge is 2.59. The molecule has 0 saturated heterocycles. The Kier molecular flexibility index (Phi) is 19.2. The van der Waals surface area contributed by atoms with Crippen LogP contribution >= 0.6 is 21.6 Å². The summed E-state index contributed by atoms with van der Waals surface area (Å²) in [6.07, 6.45) is 19.9. The SMILES string of the molecule is CC(C)CCC[C@@H](C)[C@H]1CC[C@H]2[C@@H]3CC=C4C[C@@H](SSCCC(=O)N(CCCCNCCC(C)(C)NC(=O)O)CCC(C)(C)NC(=O)OC(C)(C)C)CC[C@]4(C)[C@H]3CC[C@]12C. The minimum absolute atomic E-state index is 0.177. The summed E-state index contributed by atoms with van der Waals surface area (Å²) in [5.74, 6) is 6.16. The second-order valence-corrected chi connectivity index (χ2v) is 25.8. The first-order valence-electron chi connectivity index (χ1n) is 24.4. The molecule has 61 heavy (non-hydrogen) atoms. The van der Waals surface area contributed by atoms with Gasteiger partial charge in [-0.3, -0.25) is 4.79 Å². The van der Waals surface area contributed by atoms with Crippen molar-refractivity contribution in [3.05, 3.63) is 11.6 Å². The summed E-state index contributed by atoms with van der Waals surface area (Å²) in [5.41, 5.74) is 1.04. The molecule has 352 valence electrons. The topological polar surface area (TPSA) is 120 Å². The molecular formula is C50H90N4O5S2. The predicted octanol–water partition coefficient (Wildman–Crippen LogP) is 12.5. The molecule has 8 atom stereocenters. The predicted molar refractivity (Wildman–Crippen MR) is 258 cm³/mol. The van der Waals surface area contributed by atoms with Crippen molar-refractivity contribution >= 4 is 39.7 Å². The van der Waals surface area contributed by atoms with Gasteiger partial charge in [-0.05, 0) is 185 Å². The van der Waals surface area contributed by atoms with Crippen LogP contribution in [0.4, 0.5) is 9.59 Å². The lowest BCUT2D eigenvalue weighted by atomic mass is 9.47. The van der Waals surface area contributed by atoms with Crippen molar-refractivity contribution < 1.29 is 24.2 Å².